The minimum atomic E-state index is -0.213. The summed E-state index contributed by atoms with van der Waals surface area (Å²) in [5.41, 5.74) is 0.283. The minimum Gasteiger partial charge on any atom is -0.344 e. The summed E-state index contributed by atoms with van der Waals surface area (Å²) in [7, 11) is 0. The maximum Gasteiger partial charge on any atom is 0.270 e. The number of rotatable bonds is 5. The van der Waals surface area contributed by atoms with Gasteiger partial charge in [0.25, 0.3) is 5.91 Å². The predicted octanol–water partition coefficient (Wildman–Crippen LogP) is 3.92. The third-order valence-corrected chi connectivity index (χ3v) is 4.95. The fourth-order valence-electron chi connectivity index (χ4n) is 2.25. The van der Waals surface area contributed by atoms with Gasteiger partial charge in [-0.05, 0) is 24.3 Å². The number of halogens is 1. The van der Waals surface area contributed by atoms with E-state index in [-0.39, 0.29) is 11.4 Å². The molecule has 0 atom stereocenters. The average molecular weight is 335 g/mol. The van der Waals surface area contributed by atoms with Crippen molar-refractivity contribution in [1.29, 1.82) is 0 Å². The highest BCUT2D eigenvalue weighted by molar-refractivity contribution is 9.09. The lowest BCUT2D eigenvalue weighted by Gasteiger charge is -2.30. The van der Waals surface area contributed by atoms with Crippen LogP contribution in [0.4, 0.5) is 0 Å². The van der Waals surface area contributed by atoms with Crippen molar-refractivity contribution in [3.63, 3.8) is 0 Å². The van der Waals surface area contributed by atoms with E-state index in [0.29, 0.717) is 5.69 Å². The van der Waals surface area contributed by atoms with Crippen molar-refractivity contribution in [1.82, 2.24) is 10.3 Å². The van der Waals surface area contributed by atoms with Crippen LogP contribution in [0.25, 0.3) is 10.8 Å². The van der Waals surface area contributed by atoms with E-state index in [2.05, 4.69) is 40.1 Å². The van der Waals surface area contributed by atoms with Crippen LogP contribution in [0.5, 0.6) is 0 Å². The molecule has 3 nitrogen and oxygen atoms in total. The Labute approximate surface area is 127 Å². The molecular formula is C16H19BrN2O. The van der Waals surface area contributed by atoms with Gasteiger partial charge in [-0.15, -0.1) is 0 Å². The Kier molecular flexibility index (Phi) is 4.76. The predicted molar refractivity (Wildman–Crippen MR) is 86.3 cm³/mol. The van der Waals surface area contributed by atoms with Crippen molar-refractivity contribution in [3.05, 3.63) is 42.2 Å². The Hall–Kier alpha value is -1.42. The lowest BCUT2D eigenvalue weighted by atomic mass is 9.95. The second-order valence-electron chi connectivity index (χ2n) is 4.96. The first-order chi connectivity index (χ1) is 9.65. The standard InChI is InChI=1S/C16H19BrN2O/c1-3-16(4-2,11-17)19-15(20)14-13-8-6-5-7-12(13)9-10-18-14/h5-10H,3-4,11H2,1-2H3,(H,19,20). The van der Waals surface area contributed by atoms with Crippen LogP contribution in [0, 0.1) is 0 Å². The van der Waals surface area contributed by atoms with Gasteiger partial charge in [-0.2, -0.15) is 0 Å². The number of hydrogen-bond acceptors (Lipinski definition) is 2. The number of amides is 1. The summed E-state index contributed by atoms with van der Waals surface area (Å²) in [5.74, 6) is -0.107. The monoisotopic (exact) mass is 334 g/mol. The number of nitrogens with one attached hydrogen (secondary N) is 1. The maximum atomic E-state index is 12.6. The van der Waals surface area contributed by atoms with Crippen molar-refractivity contribution in [2.24, 2.45) is 0 Å². The van der Waals surface area contributed by atoms with E-state index in [1.54, 1.807) is 6.20 Å². The number of aromatic nitrogens is 1. The van der Waals surface area contributed by atoms with Crippen LogP contribution in [-0.4, -0.2) is 21.8 Å². The van der Waals surface area contributed by atoms with Crippen molar-refractivity contribution in [2.75, 3.05) is 5.33 Å². The molecule has 0 bridgehead atoms. The van der Waals surface area contributed by atoms with Crippen molar-refractivity contribution < 1.29 is 4.79 Å². The normalized spacial score (nSPS) is 11.6. The first kappa shape index (κ1) is 15.0. The largest absolute Gasteiger partial charge is 0.344 e. The highest BCUT2D eigenvalue weighted by Gasteiger charge is 2.28. The summed E-state index contributed by atoms with van der Waals surface area (Å²) in [4.78, 5) is 16.8. The molecule has 2 aromatic rings. The molecule has 0 unspecified atom stereocenters. The third-order valence-electron chi connectivity index (χ3n) is 3.88. The summed E-state index contributed by atoms with van der Waals surface area (Å²) in [6, 6.07) is 9.74. The van der Waals surface area contributed by atoms with Gasteiger partial charge in [0.2, 0.25) is 0 Å². The Bertz CT molecular complexity index is 595. The molecule has 0 radical (unpaired) electrons. The molecule has 0 aliphatic rings. The van der Waals surface area contributed by atoms with Gasteiger partial charge in [0.1, 0.15) is 5.69 Å². The van der Waals surface area contributed by atoms with Crippen molar-refractivity contribution in [2.45, 2.75) is 32.2 Å². The number of carbonyl (C=O) groups excluding carboxylic acids is 1. The Morgan fingerprint density at radius 1 is 1.25 bits per heavy atom. The average Bonchev–Trinajstić information content (AvgIpc) is 2.52. The lowest BCUT2D eigenvalue weighted by molar-refractivity contribution is 0.0900. The highest BCUT2D eigenvalue weighted by Crippen LogP contribution is 2.21. The number of alkyl halides is 1. The molecule has 1 N–H and O–H groups in total. The quantitative estimate of drug-likeness (QED) is 0.842. The number of nitrogens with zero attached hydrogens (tertiary/aromatic N) is 1. The summed E-state index contributed by atoms with van der Waals surface area (Å²) in [6.45, 7) is 4.17. The first-order valence-electron chi connectivity index (χ1n) is 6.88. The van der Waals surface area contributed by atoms with Crippen LogP contribution in [0.2, 0.25) is 0 Å². The van der Waals surface area contributed by atoms with Crippen molar-refractivity contribution >= 4 is 32.6 Å². The van der Waals surface area contributed by atoms with E-state index in [9.17, 15) is 4.79 Å². The Morgan fingerprint density at radius 2 is 1.95 bits per heavy atom. The van der Waals surface area contributed by atoms with Gasteiger partial charge in [-0.3, -0.25) is 9.78 Å². The zero-order valence-electron chi connectivity index (χ0n) is 11.8. The number of fused-ring (bicyclic) bond motifs is 1. The smallest absolute Gasteiger partial charge is 0.270 e. The summed E-state index contributed by atoms with van der Waals surface area (Å²) < 4.78 is 0. The maximum absolute atomic E-state index is 12.6. The number of carbonyl (C=O) groups is 1. The number of pyridine rings is 1. The zero-order valence-corrected chi connectivity index (χ0v) is 13.4. The topological polar surface area (TPSA) is 42.0 Å². The fourth-order valence-corrected chi connectivity index (χ4v) is 3.18. The fraction of sp³-hybridized carbons (Fsp3) is 0.375. The Balaban J connectivity index is 2.37. The molecule has 20 heavy (non-hydrogen) atoms. The summed E-state index contributed by atoms with van der Waals surface area (Å²) >= 11 is 3.51. The molecule has 0 spiro atoms. The third kappa shape index (κ3) is 2.85. The first-order valence-corrected chi connectivity index (χ1v) is 8.00. The van der Waals surface area contributed by atoms with E-state index in [0.717, 1.165) is 28.9 Å². The van der Waals surface area contributed by atoms with Crippen LogP contribution in [0.3, 0.4) is 0 Å². The second kappa shape index (κ2) is 6.35. The molecular weight excluding hydrogens is 316 g/mol. The molecule has 4 heteroatoms. The molecule has 0 aliphatic heterocycles. The molecule has 106 valence electrons. The van der Waals surface area contributed by atoms with Crippen LogP contribution in [0.1, 0.15) is 37.2 Å². The molecule has 1 heterocycles. The van der Waals surface area contributed by atoms with Gasteiger partial charge in [0, 0.05) is 22.5 Å². The van der Waals surface area contributed by atoms with Crippen LogP contribution in [0.15, 0.2) is 36.5 Å². The molecule has 1 amide bonds. The number of benzene rings is 1. The SMILES string of the molecule is CCC(CC)(CBr)NC(=O)c1nccc2ccccc12. The van der Waals surface area contributed by atoms with E-state index in [1.165, 1.54) is 0 Å². The molecule has 2 rings (SSSR count). The number of hydrogen-bond donors (Lipinski definition) is 1. The van der Waals surface area contributed by atoms with Crippen molar-refractivity contribution in [3.8, 4) is 0 Å². The zero-order chi connectivity index (χ0) is 14.6. The van der Waals surface area contributed by atoms with E-state index in [4.69, 9.17) is 0 Å². The lowest BCUT2D eigenvalue weighted by Crippen LogP contribution is -2.49. The molecule has 0 aliphatic carbocycles. The van der Waals surface area contributed by atoms with Gasteiger partial charge < -0.3 is 5.32 Å². The molecule has 0 fully saturated rings. The van der Waals surface area contributed by atoms with Crippen LogP contribution in [-0.2, 0) is 0 Å². The Morgan fingerprint density at radius 3 is 2.60 bits per heavy atom. The minimum absolute atomic E-state index is 0.107. The van der Waals surface area contributed by atoms with E-state index < -0.39 is 0 Å². The summed E-state index contributed by atoms with van der Waals surface area (Å²) in [5, 5.41) is 5.80. The van der Waals surface area contributed by atoms with Gasteiger partial charge in [-0.1, -0.05) is 54.0 Å². The van der Waals surface area contributed by atoms with Crippen LogP contribution < -0.4 is 5.32 Å². The highest BCUT2D eigenvalue weighted by atomic mass is 79.9. The molecule has 0 saturated carbocycles. The van der Waals surface area contributed by atoms with Gasteiger partial charge in [0.15, 0.2) is 0 Å². The molecule has 1 aromatic heterocycles. The van der Waals surface area contributed by atoms with Gasteiger partial charge >= 0.3 is 0 Å². The van der Waals surface area contributed by atoms with E-state index >= 15 is 0 Å². The van der Waals surface area contributed by atoms with Gasteiger partial charge in [-0.25, -0.2) is 0 Å². The molecule has 1 aromatic carbocycles. The molecule has 0 saturated heterocycles. The summed E-state index contributed by atoms with van der Waals surface area (Å²) in [6.07, 6.45) is 3.45. The van der Waals surface area contributed by atoms with Crippen LogP contribution >= 0.6 is 15.9 Å². The van der Waals surface area contributed by atoms with E-state index in [1.807, 2.05) is 30.3 Å². The van der Waals surface area contributed by atoms with Gasteiger partial charge in [0.05, 0.1) is 0 Å². The second-order valence-corrected chi connectivity index (χ2v) is 5.52.